The van der Waals surface area contributed by atoms with Gasteiger partial charge in [-0.15, -0.1) is 0 Å². The van der Waals surface area contributed by atoms with E-state index in [2.05, 4.69) is 10.0 Å². The zero-order chi connectivity index (χ0) is 16.9. The van der Waals surface area contributed by atoms with Gasteiger partial charge < -0.3 is 9.42 Å². The first kappa shape index (κ1) is 19.0. The summed E-state index contributed by atoms with van der Waals surface area (Å²) < 4.78 is 41.2. The summed E-state index contributed by atoms with van der Waals surface area (Å²) in [4.78, 5) is 25.4. The molecule has 0 fully saturated rings. The number of nitrogens with one attached hydrogen (secondary N) is 1. The predicted molar refractivity (Wildman–Crippen MR) is 74.7 cm³/mol. The third kappa shape index (κ3) is 6.37. The molecule has 0 amide bonds. The van der Waals surface area contributed by atoms with Crippen molar-refractivity contribution in [3.8, 4) is 0 Å². The molecule has 0 aliphatic carbocycles. The van der Waals surface area contributed by atoms with E-state index in [1.54, 1.807) is 13.8 Å². The van der Waals surface area contributed by atoms with Crippen LogP contribution >= 0.6 is 18.2 Å². The molecular weight excluding hydrogens is 343 g/mol. The quantitative estimate of drug-likeness (QED) is 0.576. The van der Waals surface area contributed by atoms with Crippen LogP contribution in [0.15, 0.2) is 18.2 Å². The second-order valence-corrected chi connectivity index (χ2v) is 7.09. The van der Waals surface area contributed by atoms with Gasteiger partial charge in [0.15, 0.2) is 0 Å². The molecule has 1 aromatic rings. The maximum absolute atomic E-state index is 13.4. The summed E-state index contributed by atoms with van der Waals surface area (Å²) in [6.45, 7) is -1.54. The Kier molecular flexibility index (Phi) is 6.90. The molecule has 0 aromatic heterocycles. The molecule has 1 rings (SSSR count). The molecule has 2 N–H and O–H groups in total. The molecule has 0 heterocycles. The van der Waals surface area contributed by atoms with Gasteiger partial charge in [-0.05, 0) is 12.0 Å². The lowest BCUT2D eigenvalue weighted by atomic mass is 10.1. The lowest BCUT2D eigenvalue weighted by molar-refractivity contribution is -0.143. The second kappa shape index (κ2) is 7.99. The topological polar surface area (TPSA) is 84.9 Å². The van der Waals surface area contributed by atoms with Crippen LogP contribution in [0.1, 0.15) is 19.4 Å². The average molecular weight is 358 g/mol. The van der Waals surface area contributed by atoms with Crippen molar-refractivity contribution in [2.24, 2.45) is 5.92 Å². The normalized spacial score (nSPS) is 15.4. The van der Waals surface area contributed by atoms with E-state index in [1.807, 2.05) is 0 Å². The van der Waals surface area contributed by atoms with Gasteiger partial charge >= 0.3 is 12.9 Å². The molecule has 22 heavy (non-hydrogen) atoms. The summed E-state index contributed by atoms with van der Waals surface area (Å²) in [5, 5.41) is 0. The van der Waals surface area contributed by atoms with Gasteiger partial charge in [0.25, 0.3) is 0 Å². The third-order valence-corrected chi connectivity index (χ3v) is 3.19. The number of carbonyl (C=O) groups excluding carboxylic acids is 1. The Hall–Kier alpha value is -1.05. The number of hydrogen-bond donors (Lipinski definition) is 2. The number of carbonyl (C=O) groups is 1. The minimum Gasteiger partial charge on any atom is -0.379 e. The van der Waals surface area contributed by atoms with Crippen molar-refractivity contribution >= 4 is 24.2 Å². The van der Waals surface area contributed by atoms with Crippen LogP contribution in [-0.4, -0.2) is 16.9 Å². The van der Waals surface area contributed by atoms with E-state index in [-0.39, 0.29) is 18.1 Å². The van der Waals surface area contributed by atoms with Crippen molar-refractivity contribution in [3.05, 3.63) is 35.4 Å². The highest BCUT2D eigenvalue weighted by atomic mass is 35.7. The lowest BCUT2D eigenvalue weighted by Gasteiger charge is -2.20. The molecule has 0 spiro atoms. The lowest BCUT2D eigenvalue weighted by Crippen LogP contribution is -2.41. The fourth-order valence-electron chi connectivity index (χ4n) is 1.47. The summed E-state index contributed by atoms with van der Waals surface area (Å²) in [6.07, 6.45) is 0. The standard InChI is InChI=1S/C12H15ClF2NO5P/c1-7(2)11(12(17)21-22(13,18)19)16-20-6-8-3-4-9(14)5-10(8)15/h3-5,7,11,16H,6H2,1-2H3,(H,18,19)/t11-/m0/s1. The van der Waals surface area contributed by atoms with Crippen molar-refractivity contribution in [1.29, 1.82) is 0 Å². The monoisotopic (exact) mass is 357 g/mol. The van der Waals surface area contributed by atoms with Crippen LogP contribution < -0.4 is 5.48 Å². The first-order valence-electron chi connectivity index (χ1n) is 6.17. The highest BCUT2D eigenvalue weighted by Crippen LogP contribution is 2.47. The van der Waals surface area contributed by atoms with Gasteiger partial charge in [-0.1, -0.05) is 19.9 Å². The number of halogens is 3. The molecule has 0 aliphatic heterocycles. The van der Waals surface area contributed by atoms with E-state index in [4.69, 9.17) is 21.0 Å². The fraction of sp³-hybridized carbons (Fsp3) is 0.417. The average Bonchev–Trinajstić information content (AvgIpc) is 2.33. The maximum atomic E-state index is 13.4. The molecular formula is C12H15ClF2NO5P. The Morgan fingerprint density at radius 3 is 2.59 bits per heavy atom. The summed E-state index contributed by atoms with van der Waals surface area (Å²) in [5.41, 5.74) is 2.37. The van der Waals surface area contributed by atoms with Crippen LogP contribution in [0.25, 0.3) is 0 Å². The molecule has 124 valence electrons. The summed E-state index contributed by atoms with van der Waals surface area (Å²) in [6, 6.07) is 1.85. The molecule has 0 aliphatic rings. The van der Waals surface area contributed by atoms with Crippen LogP contribution in [0.4, 0.5) is 8.78 Å². The summed E-state index contributed by atoms with van der Waals surface area (Å²) in [7, 11) is 0. The Bertz CT molecular complexity index is 581. The van der Waals surface area contributed by atoms with Crippen LogP contribution in [0.3, 0.4) is 0 Å². The van der Waals surface area contributed by atoms with Gasteiger partial charge in [0.05, 0.1) is 6.61 Å². The SMILES string of the molecule is CC(C)[C@H](NOCc1ccc(F)cc1F)C(=O)OP(=O)(O)Cl. The van der Waals surface area contributed by atoms with Gasteiger partial charge in [-0.2, -0.15) is 5.48 Å². The fourth-order valence-corrected chi connectivity index (χ4v) is 2.01. The first-order chi connectivity index (χ1) is 10.1. The molecule has 0 bridgehead atoms. The van der Waals surface area contributed by atoms with Crippen molar-refractivity contribution in [2.75, 3.05) is 0 Å². The summed E-state index contributed by atoms with van der Waals surface area (Å²) >= 11 is 4.96. The number of hydroxylamine groups is 1. The van der Waals surface area contributed by atoms with Gasteiger partial charge in [0, 0.05) is 22.9 Å². The van der Waals surface area contributed by atoms with Gasteiger partial charge in [0.2, 0.25) is 0 Å². The van der Waals surface area contributed by atoms with Gasteiger partial charge in [0.1, 0.15) is 17.7 Å². The van der Waals surface area contributed by atoms with E-state index >= 15 is 0 Å². The van der Waals surface area contributed by atoms with Crippen LogP contribution in [0, 0.1) is 17.6 Å². The third-order valence-electron chi connectivity index (χ3n) is 2.58. The van der Waals surface area contributed by atoms with E-state index in [0.29, 0.717) is 6.07 Å². The Morgan fingerprint density at radius 1 is 1.45 bits per heavy atom. The largest absolute Gasteiger partial charge is 0.476 e. The smallest absolute Gasteiger partial charge is 0.379 e. The van der Waals surface area contributed by atoms with Crippen molar-refractivity contribution in [3.63, 3.8) is 0 Å². The van der Waals surface area contributed by atoms with Gasteiger partial charge in [-0.3, -0.25) is 4.84 Å². The highest BCUT2D eigenvalue weighted by Gasteiger charge is 2.30. The maximum Gasteiger partial charge on any atom is 0.476 e. The van der Waals surface area contributed by atoms with E-state index in [9.17, 15) is 18.1 Å². The highest BCUT2D eigenvalue weighted by molar-refractivity contribution is 7.80. The molecule has 10 heteroatoms. The van der Waals surface area contributed by atoms with Crippen LogP contribution in [-0.2, 0) is 25.3 Å². The number of benzene rings is 1. The molecule has 2 atom stereocenters. The van der Waals surface area contributed by atoms with Crippen molar-refractivity contribution in [1.82, 2.24) is 5.48 Å². The Balaban J connectivity index is 2.61. The van der Waals surface area contributed by atoms with Crippen LogP contribution in [0.5, 0.6) is 0 Å². The molecule has 6 nitrogen and oxygen atoms in total. The predicted octanol–water partition coefficient (Wildman–Crippen LogP) is 2.89. The van der Waals surface area contributed by atoms with Crippen molar-refractivity contribution < 1.29 is 32.4 Å². The first-order valence-corrected chi connectivity index (χ1v) is 8.65. The van der Waals surface area contributed by atoms with Crippen LogP contribution in [0.2, 0.25) is 0 Å². The number of rotatable bonds is 7. The van der Waals surface area contributed by atoms with E-state index in [1.165, 1.54) is 6.07 Å². The molecule has 1 unspecified atom stereocenters. The minimum absolute atomic E-state index is 0.0648. The zero-order valence-corrected chi connectivity index (χ0v) is 13.4. The van der Waals surface area contributed by atoms with Crippen molar-refractivity contribution in [2.45, 2.75) is 26.5 Å². The van der Waals surface area contributed by atoms with E-state index in [0.717, 1.165) is 6.07 Å². The summed E-state index contributed by atoms with van der Waals surface area (Å²) in [5.74, 6) is -2.98. The Morgan fingerprint density at radius 2 is 2.09 bits per heavy atom. The second-order valence-electron chi connectivity index (χ2n) is 4.73. The zero-order valence-electron chi connectivity index (χ0n) is 11.8. The molecule has 1 aromatic carbocycles. The van der Waals surface area contributed by atoms with Gasteiger partial charge in [-0.25, -0.2) is 18.1 Å². The molecule has 0 saturated heterocycles. The molecule has 0 saturated carbocycles. The number of hydrogen-bond acceptors (Lipinski definition) is 5. The molecule has 0 radical (unpaired) electrons. The minimum atomic E-state index is -4.49. The Labute approximate surface area is 130 Å². The van der Waals surface area contributed by atoms with E-state index < -0.39 is 30.6 Å².